The van der Waals surface area contributed by atoms with Crippen LogP contribution in [-0.2, 0) is 16.0 Å². The summed E-state index contributed by atoms with van der Waals surface area (Å²) in [6.45, 7) is 6.21. The highest BCUT2D eigenvalue weighted by molar-refractivity contribution is 5.94. The zero-order chi connectivity index (χ0) is 33.1. The molecule has 9 nitrogen and oxygen atoms in total. The van der Waals surface area contributed by atoms with Gasteiger partial charge in [0, 0.05) is 6.08 Å². The molecule has 0 aliphatic heterocycles. The Balaban J connectivity index is 1.53. The van der Waals surface area contributed by atoms with Crippen molar-refractivity contribution in [2.45, 2.75) is 64.7 Å². The van der Waals surface area contributed by atoms with Crippen molar-refractivity contribution < 1.29 is 42.8 Å². The Morgan fingerprint density at radius 1 is 0.652 bits per heavy atom. The third-order valence-corrected chi connectivity index (χ3v) is 7.16. The molecule has 0 atom stereocenters. The topological polar surface area (TPSA) is 107 Å². The third kappa shape index (κ3) is 11.6. The van der Waals surface area contributed by atoms with Crippen molar-refractivity contribution in [3.05, 3.63) is 90.0 Å². The molecule has 46 heavy (non-hydrogen) atoms. The minimum atomic E-state index is -0.649. The van der Waals surface area contributed by atoms with E-state index in [1.165, 1.54) is 76.2 Å². The number of esters is 3. The molecular formula is C37H44O9. The Hall–Kier alpha value is -4.79. The van der Waals surface area contributed by atoms with E-state index in [0.717, 1.165) is 18.9 Å². The van der Waals surface area contributed by atoms with Gasteiger partial charge in [0.25, 0.3) is 0 Å². The maximum absolute atomic E-state index is 13.0. The Morgan fingerprint density at radius 3 is 1.89 bits per heavy atom. The molecule has 0 amide bonds. The van der Waals surface area contributed by atoms with Gasteiger partial charge in [-0.15, -0.1) is 0 Å². The van der Waals surface area contributed by atoms with E-state index in [9.17, 15) is 14.4 Å². The monoisotopic (exact) mass is 632 g/mol. The number of carbonyl (C=O) groups excluding carboxylic acids is 3. The highest BCUT2D eigenvalue weighted by Gasteiger charge is 2.18. The summed E-state index contributed by atoms with van der Waals surface area (Å²) >= 11 is 0. The van der Waals surface area contributed by atoms with Crippen LogP contribution in [0, 0.1) is 0 Å². The van der Waals surface area contributed by atoms with Crippen LogP contribution in [0.15, 0.2) is 73.3 Å². The molecule has 0 spiro atoms. The lowest BCUT2D eigenvalue weighted by Crippen LogP contribution is -2.12. The summed E-state index contributed by atoms with van der Waals surface area (Å²) in [7, 11) is 2.89. The SMILES string of the molecule is C=CC(=O)OCCCCOc1ccc(C(=O)Oc2ccc(C(=O)Oc3ccc(CCCCCCCC)cc3)cc2OC)cc1OC. The number of carbonyl (C=O) groups is 3. The van der Waals surface area contributed by atoms with Crippen LogP contribution in [0.4, 0.5) is 0 Å². The first-order chi connectivity index (χ1) is 22.4. The van der Waals surface area contributed by atoms with Crippen LogP contribution in [0.25, 0.3) is 0 Å². The van der Waals surface area contributed by atoms with Crippen molar-refractivity contribution in [2.24, 2.45) is 0 Å². The molecule has 0 aromatic heterocycles. The number of hydrogen-bond acceptors (Lipinski definition) is 9. The maximum atomic E-state index is 13.0. The molecular weight excluding hydrogens is 588 g/mol. The fraction of sp³-hybridized carbons (Fsp3) is 0.378. The van der Waals surface area contributed by atoms with Gasteiger partial charge in [0.2, 0.25) is 0 Å². The van der Waals surface area contributed by atoms with E-state index in [4.69, 9.17) is 28.4 Å². The molecule has 3 rings (SSSR count). The van der Waals surface area contributed by atoms with Gasteiger partial charge in [0.1, 0.15) is 5.75 Å². The van der Waals surface area contributed by atoms with Crippen LogP contribution in [0.2, 0.25) is 0 Å². The number of hydrogen-bond donors (Lipinski definition) is 0. The molecule has 246 valence electrons. The van der Waals surface area contributed by atoms with Crippen molar-refractivity contribution in [3.8, 4) is 28.7 Å². The van der Waals surface area contributed by atoms with Crippen LogP contribution in [-0.4, -0.2) is 45.3 Å². The molecule has 0 fully saturated rings. The summed E-state index contributed by atoms with van der Waals surface area (Å²) in [4.78, 5) is 36.9. The fourth-order valence-corrected chi connectivity index (χ4v) is 4.57. The van der Waals surface area contributed by atoms with Gasteiger partial charge >= 0.3 is 17.9 Å². The Bertz CT molecular complexity index is 1430. The molecule has 0 unspecified atom stereocenters. The average Bonchev–Trinajstić information content (AvgIpc) is 3.08. The zero-order valence-corrected chi connectivity index (χ0v) is 27.0. The lowest BCUT2D eigenvalue weighted by molar-refractivity contribution is -0.137. The van der Waals surface area contributed by atoms with Crippen LogP contribution in [0.1, 0.15) is 84.6 Å². The summed E-state index contributed by atoms with van der Waals surface area (Å²) in [5.41, 5.74) is 1.68. The number of unbranched alkanes of at least 4 members (excludes halogenated alkanes) is 6. The normalized spacial score (nSPS) is 10.5. The molecule has 0 saturated carbocycles. The second-order valence-electron chi connectivity index (χ2n) is 10.6. The number of aryl methyl sites for hydroxylation is 1. The first-order valence-electron chi connectivity index (χ1n) is 15.7. The van der Waals surface area contributed by atoms with E-state index in [1.807, 2.05) is 12.1 Å². The Kier molecular flexibility index (Phi) is 15.2. The van der Waals surface area contributed by atoms with Crippen molar-refractivity contribution in [3.63, 3.8) is 0 Å². The number of benzene rings is 3. The quantitative estimate of drug-likeness (QED) is 0.0531. The lowest BCUT2D eigenvalue weighted by atomic mass is 10.0. The van der Waals surface area contributed by atoms with E-state index in [0.29, 0.717) is 36.7 Å². The van der Waals surface area contributed by atoms with Gasteiger partial charge in [-0.2, -0.15) is 0 Å². The van der Waals surface area contributed by atoms with Crippen molar-refractivity contribution in [1.29, 1.82) is 0 Å². The molecule has 0 bridgehead atoms. The fourth-order valence-electron chi connectivity index (χ4n) is 4.57. The highest BCUT2D eigenvalue weighted by Crippen LogP contribution is 2.32. The predicted molar refractivity (Wildman–Crippen MR) is 175 cm³/mol. The number of ether oxygens (including phenoxy) is 6. The van der Waals surface area contributed by atoms with Crippen molar-refractivity contribution in [1.82, 2.24) is 0 Å². The third-order valence-electron chi connectivity index (χ3n) is 7.16. The zero-order valence-electron chi connectivity index (χ0n) is 27.0. The number of rotatable bonds is 20. The molecule has 3 aromatic rings. The van der Waals surface area contributed by atoms with Gasteiger partial charge in [-0.05, 0) is 79.8 Å². The minimum absolute atomic E-state index is 0.138. The van der Waals surface area contributed by atoms with Gasteiger partial charge < -0.3 is 28.4 Å². The van der Waals surface area contributed by atoms with Gasteiger partial charge in [-0.25, -0.2) is 14.4 Å². The molecule has 0 saturated heterocycles. The molecule has 0 aliphatic carbocycles. The van der Waals surface area contributed by atoms with E-state index in [-0.39, 0.29) is 29.2 Å². The van der Waals surface area contributed by atoms with Crippen molar-refractivity contribution >= 4 is 17.9 Å². The summed E-state index contributed by atoms with van der Waals surface area (Å²) in [6, 6.07) is 16.7. The Morgan fingerprint density at radius 2 is 1.24 bits per heavy atom. The highest BCUT2D eigenvalue weighted by atomic mass is 16.6. The van der Waals surface area contributed by atoms with E-state index >= 15 is 0 Å². The first-order valence-corrected chi connectivity index (χ1v) is 15.7. The largest absolute Gasteiger partial charge is 0.493 e. The van der Waals surface area contributed by atoms with Crippen LogP contribution >= 0.6 is 0 Å². The average molecular weight is 633 g/mol. The summed E-state index contributed by atoms with van der Waals surface area (Å²) < 4.78 is 32.6. The van der Waals surface area contributed by atoms with Crippen LogP contribution < -0.4 is 23.7 Å². The molecule has 0 radical (unpaired) electrons. The van der Waals surface area contributed by atoms with Gasteiger partial charge in [-0.3, -0.25) is 0 Å². The second kappa shape index (κ2) is 19.6. The maximum Gasteiger partial charge on any atom is 0.343 e. The van der Waals surface area contributed by atoms with E-state index < -0.39 is 17.9 Å². The lowest BCUT2D eigenvalue weighted by Gasteiger charge is -2.13. The summed E-state index contributed by atoms with van der Waals surface area (Å²) in [5.74, 6) is -0.0790. The Labute approximate surface area is 271 Å². The van der Waals surface area contributed by atoms with Gasteiger partial charge in [0.15, 0.2) is 23.0 Å². The minimum Gasteiger partial charge on any atom is -0.493 e. The molecule has 0 heterocycles. The second-order valence-corrected chi connectivity index (χ2v) is 10.6. The van der Waals surface area contributed by atoms with Crippen molar-refractivity contribution in [2.75, 3.05) is 27.4 Å². The number of methoxy groups -OCH3 is 2. The molecule has 9 heteroatoms. The van der Waals surface area contributed by atoms with Crippen LogP contribution in [0.3, 0.4) is 0 Å². The first kappa shape index (κ1) is 35.7. The smallest absolute Gasteiger partial charge is 0.343 e. The predicted octanol–water partition coefficient (Wildman–Crippen LogP) is 7.93. The van der Waals surface area contributed by atoms with Gasteiger partial charge in [0.05, 0.1) is 38.6 Å². The molecule has 0 aliphatic rings. The van der Waals surface area contributed by atoms with E-state index in [2.05, 4.69) is 13.5 Å². The summed E-state index contributed by atoms with van der Waals surface area (Å²) in [5, 5.41) is 0. The summed E-state index contributed by atoms with van der Waals surface area (Å²) in [6.07, 6.45) is 10.9. The standard InChI is InChI=1S/C37H44O9/c1-5-7-8-9-10-11-14-27-15-19-30(20-16-27)45-36(39)28-18-22-32(34(26-28)42-4)46-37(40)29-17-21-31(33(25-29)41-3)43-23-12-13-24-44-35(38)6-2/h6,15-22,25-26H,2,5,7-14,23-24H2,1,3-4H3. The molecule has 3 aromatic carbocycles. The van der Waals surface area contributed by atoms with Gasteiger partial charge in [-0.1, -0.05) is 57.7 Å². The molecule has 0 N–H and O–H groups in total. The van der Waals surface area contributed by atoms with E-state index in [1.54, 1.807) is 24.3 Å². The van der Waals surface area contributed by atoms with Crippen LogP contribution in [0.5, 0.6) is 28.7 Å².